The van der Waals surface area contributed by atoms with Crippen molar-refractivity contribution >= 4 is 17.3 Å². The number of benzene rings is 1. The zero-order valence-corrected chi connectivity index (χ0v) is 11.3. The van der Waals surface area contributed by atoms with Crippen LogP contribution in [0.15, 0.2) is 42.6 Å². The zero-order valence-electron chi connectivity index (χ0n) is 11.3. The largest absolute Gasteiger partial charge is 0.462 e. The van der Waals surface area contributed by atoms with Gasteiger partial charge in [0.1, 0.15) is 0 Å². The Bertz CT molecular complexity index is 585. The number of carbonyl (C=O) groups is 1. The number of anilines is 2. The van der Waals surface area contributed by atoms with Gasteiger partial charge >= 0.3 is 5.97 Å². The summed E-state index contributed by atoms with van der Waals surface area (Å²) in [5.41, 5.74) is 8.29. The molecular weight excluding hydrogens is 254 g/mol. The van der Waals surface area contributed by atoms with Crippen molar-refractivity contribution in [3.63, 3.8) is 0 Å². The highest BCUT2D eigenvalue weighted by Gasteiger charge is 2.11. The van der Waals surface area contributed by atoms with Crippen LogP contribution in [-0.2, 0) is 11.3 Å². The van der Waals surface area contributed by atoms with Gasteiger partial charge in [0.25, 0.3) is 0 Å². The number of carbonyl (C=O) groups excluding carboxylic acids is 1. The number of nitrogens with one attached hydrogen (secondary N) is 1. The summed E-state index contributed by atoms with van der Waals surface area (Å²) in [6.45, 7) is 2.66. The molecule has 1 aromatic carbocycles. The summed E-state index contributed by atoms with van der Waals surface area (Å²) in [6, 6.07) is 10.9. The van der Waals surface area contributed by atoms with E-state index in [-0.39, 0.29) is 0 Å². The van der Waals surface area contributed by atoms with Gasteiger partial charge in [-0.3, -0.25) is 4.98 Å². The molecule has 0 aliphatic carbocycles. The van der Waals surface area contributed by atoms with E-state index in [1.807, 2.05) is 24.3 Å². The second-order valence-electron chi connectivity index (χ2n) is 4.20. The maximum atomic E-state index is 11.7. The first-order valence-corrected chi connectivity index (χ1v) is 6.41. The summed E-state index contributed by atoms with van der Waals surface area (Å²) in [4.78, 5) is 16.0. The van der Waals surface area contributed by atoms with Crippen LogP contribution in [0, 0.1) is 0 Å². The van der Waals surface area contributed by atoms with Crippen molar-refractivity contribution < 1.29 is 9.53 Å². The van der Waals surface area contributed by atoms with Crippen molar-refractivity contribution in [3.8, 4) is 0 Å². The number of hydrogen-bond donors (Lipinski definition) is 2. The van der Waals surface area contributed by atoms with Gasteiger partial charge in [-0.05, 0) is 37.3 Å². The van der Waals surface area contributed by atoms with Crippen LogP contribution in [0.5, 0.6) is 0 Å². The lowest BCUT2D eigenvalue weighted by molar-refractivity contribution is 0.0527. The third-order valence-electron chi connectivity index (χ3n) is 2.75. The second kappa shape index (κ2) is 6.56. The lowest BCUT2D eigenvalue weighted by Crippen LogP contribution is -2.09. The first kappa shape index (κ1) is 13.9. The van der Waals surface area contributed by atoms with E-state index in [9.17, 15) is 4.79 Å². The molecule has 2 rings (SSSR count). The number of nitrogens with two attached hydrogens (primary N) is 1. The fourth-order valence-corrected chi connectivity index (χ4v) is 1.75. The molecule has 2 aromatic rings. The summed E-state index contributed by atoms with van der Waals surface area (Å²) in [5, 5.41) is 3.20. The molecule has 20 heavy (non-hydrogen) atoms. The number of esters is 1. The van der Waals surface area contributed by atoms with Gasteiger partial charge in [0.15, 0.2) is 0 Å². The van der Waals surface area contributed by atoms with Crippen molar-refractivity contribution in [2.24, 2.45) is 0 Å². The Hall–Kier alpha value is -2.56. The third-order valence-corrected chi connectivity index (χ3v) is 2.75. The minimum Gasteiger partial charge on any atom is -0.462 e. The van der Waals surface area contributed by atoms with E-state index < -0.39 is 5.97 Å². The summed E-state index contributed by atoms with van der Waals surface area (Å²) in [5.74, 6) is -0.411. The molecule has 104 valence electrons. The molecular formula is C15H17N3O2. The Morgan fingerprint density at radius 1 is 1.35 bits per heavy atom. The quantitative estimate of drug-likeness (QED) is 0.645. The molecule has 0 saturated carbocycles. The molecule has 1 heterocycles. The van der Waals surface area contributed by atoms with Crippen LogP contribution in [0.2, 0.25) is 0 Å². The molecule has 0 aliphatic rings. The fourth-order valence-electron chi connectivity index (χ4n) is 1.75. The van der Waals surface area contributed by atoms with Crippen molar-refractivity contribution in [1.82, 2.24) is 4.98 Å². The van der Waals surface area contributed by atoms with Crippen LogP contribution in [0.25, 0.3) is 0 Å². The molecule has 1 aromatic heterocycles. The molecule has 5 heteroatoms. The summed E-state index contributed by atoms with van der Waals surface area (Å²) < 4.78 is 4.97. The first-order valence-electron chi connectivity index (χ1n) is 6.41. The minimum absolute atomic E-state index is 0.323. The van der Waals surface area contributed by atoms with Crippen LogP contribution in [-0.4, -0.2) is 17.6 Å². The number of rotatable bonds is 5. The lowest BCUT2D eigenvalue weighted by atomic mass is 10.1. The van der Waals surface area contributed by atoms with Crippen LogP contribution >= 0.6 is 0 Å². The Balaban J connectivity index is 2.09. The Labute approximate surface area is 117 Å². The van der Waals surface area contributed by atoms with Crippen LogP contribution < -0.4 is 11.1 Å². The van der Waals surface area contributed by atoms with Gasteiger partial charge in [-0.25, -0.2) is 4.79 Å². The molecule has 0 saturated heterocycles. The Kier molecular flexibility index (Phi) is 4.55. The van der Waals surface area contributed by atoms with Gasteiger partial charge in [0.05, 0.1) is 24.4 Å². The van der Waals surface area contributed by atoms with Crippen LogP contribution in [0.1, 0.15) is 23.0 Å². The molecule has 0 spiro atoms. The lowest BCUT2D eigenvalue weighted by Gasteiger charge is -2.10. The van der Waals surface area contributed by atoms with E-state index in [4.69, 9.17) is 10.5 Å². The number of nitrogens with zero attached hydrogens (tertiary/aromatic N) is 1. The molecule has 3 N–H and O–H groups in total. The van der Waals surface area contributed by atoms with Crippen molar-refractivity contribution in [3.05, 3.63) is 53.9 Å². The van der Waals surface area contributed by atoms with E-state index in [1.54, 1.807) is 25.3 Å². The average Bonchev–Trinajstić information content (AvgIpc) is 2.47. The SMILES string of the molecule is CCOC(=O)c1cc(NCc2ccccn2)ccc1N. The maximum absolute atomic E-state index is 11.7. The molecule has 0 bridgehead atoms. The number of aromatic nitrogens is 1. The Morgan fingerprint density at radius 3 is 2.90 bits per heavy atom. The average molecular weight is 271 g/mol. The molecule has 0 atom stereocenters. The van der Waals surface area contributed by atoms with Gasteiger partial charge in [-0.2, -0.15) is 0 Å². The van der Waals surface area contributed by atoms with Crippen molar-refractivity contribution in [1.29, 1.82) is 0 Å². The van der Waals surface area contributed by atoms with Gasteiger partial charge in [0, 0.05) is 17.6 Å². The number of ether oxygens (including phenoxy) is 1. The predicted octanol–water partition coefficient (Wildman–Crippen LogP) is 2.45. The number of nitrogen functional groups attached to an aromatic ring is 1. The van der Waals surface area contributed by atoms with E-state index in [2.05, 4.69) is 10.3 Å². The van der Waals surface area contributed by atoms with Gasteiger partial charge in [-0.15, -0.1) is 0 Å². The van der Waals surface area contributed by atoms with Gasteiger partial charge in [-0.1, -0.05) is 6.07 Å². The molecule has 5 nitrogen and oxygen atoms in total. The first-order chi connectivity index (χ1) is 9.70. The molecule has 0 unspecified atom stereocenters. The monoisotopic (exact) mass is 271 g/mol. The topological polar surface area (TPSA) is 77.2 Å². The minimum atomic E-state index is -0.411. The smallest absolute Gasteiger partial charge is 0.340 e. The number of hydrogen-bond acceptors (Lipinski definition) is 5. The standard InChI is InChI=1S/C15H17N3O2/c1-2-20-15(19)13-9-11(6-7-14(13)16)18-10-12-5-3-4-8-17-12/h3-9,18H,2,10,16H2,1H3. The molecule has 0 aliphatic heterocycles. The highest BCUT2D eigenvalue weighted by atomic mass is 16.5. The van der Waals surface area contributed by atoms with Gasteiger partial charge in [0.2, 0.25) is 0 Å². The predicted molar refractivity (Wildman–Crippen MR) is 78.4 cm³/mol. The van der Waals surface area contributed by atoms with E-state index in [0.29, 0.717) is 24.4 Å². The fraction of sp³-hybridized carbons (Fsp3) is 0.200. The van der Waals surface area contributed by atoms with Crippen molar-refractivity contribution in [2.75, 3.05) is 17.7 Å². The van der Waals surface area contributed by atoms with Crippen molar-refractivity contribution in [2.45, 2.75) is 13.5 Å². The highest BCUT2D eigenvalue weighted by Crippen LogP contribution is 2.19. The molecule has 0 fully saturated rings. The molecule has 0 amide bonds. The van der Waals surface area contributed by atoms with E-state index in [1.165, 1.54) is 0 Å². The summed E-state index contributed by atoms with van der Waals surface area (Å²) >= 11 is 0. The Morgan fingerprint density at radius 2 is 2.20 bits per heavy atom. The zero-order chi connectivity index (χ0) is 14.4. The summed E-state index contributed by atoms with van der Waals surface area (Å²) in [7, 11) is 0. The summed E-state index contributed by atoms with van der Waals surface area (Å²) in [6.07, 6.45) is 1.74. The van der Waals surface area contributed by atoms with Crippen LogP contribution in [0.4, 0.5) is 11.4 Å². The van der Waals surface area contributed by atoms with Crippen LogP contribution in [0.3, 0.4) is 0 Å². The number of pyridine rings is 1. The normalized spacial score (nSPS) is 10.1. The molecule has 0 radical (unpaired) electrons. The van der Waals surface area contributed by atoms with E-state index in [0.717, 1.165) is 11.4 Å². The third kappa shape index (κ3) is 3.47. The second-order valence-corrected chi connectivity index (χ2v) is 4.20. The maximum Gasteiger partial charge on any atom is 0.340 e. The van der Waals surface area contributed by atoms with Gasteiger partial charge < -0.3 is 15.8 Å². The van der Waals surface area contributed by atoms with E-state index >= 15 is 0 Å². The highest BCUT2D eigenvalue weighted by molar-refractivity contribution is 5.96.